The predicted molar refractivity (Wildman–Crippen MR) is 52.6 cm³/mol. The van der Waals surface area contributed by atoms with Crippen LogP contribution >= 0.6 is 0 Å². The molecule has 0 aromatic rings. The van der Waals surface area contributed by atoms with Crippen LogP contribution < -0.4 is 0 Å². The van der Waals surface area contributed by atoms with Crippen molar-refractivity contribution in [3.05, 3.63) is 0 Å². The number of methoxy groups -OCH3 is 1. The fourth-order valence-electron chi connectivity index (χ4n) is 1.66. The van der Waals surface area contributed by atoms with Crippen molar-refractivity contribution in [2.24, 2.45) is 0 Å². The van der Waals surface area contributed by atoms with Gasteiger partial charge in [-0.1, -0.05) is 0 Å². The molecule has 1 aliphatic rings. The molecule has 1 fully saturated rings. The minimum Gasteiger partial charge on any atom is -0.385 e. The quantitative estimate of drug-likeness (QED) is 0.601. The van der Waals surface area contributed by atoms with Crippen LogP contribution in [-0.2, 0) is 14.6 Å². The van der Waals surface area contributed by atoms with Crippen LogP contribution in [0.2, 0.25) is 0 Å². The molecule has 1 saturated heterocycles. The van der Waals surface area contributed by atoms with Crippen LogP contribution in [0.5, 0.6) is 0 Å². The van der Waals surface area contributed by atoms with E-state index in [1.54, 1.807) is 7.11 Å². The summed E-state index contributed by atoms with van der Waals surface area (Å²) in [6.07, 6.45) is 3.30. The molecule has 1 rings (SSSR count). The van der Waals surface area contributed by atoms with E-state index in [0.717, 1.165) is 45.6 Å². The minimum absolute atomic E-state index is 0.0730. The van der Waals surface area contributed by atoms with Crippen LogP contribution in [0.15, 0.2) is 0 Å². The largest absolute Gasteiger partial charge is 0.385 e. The first-order valence-corrected chi connectivity index (χ1v) is 5.28. The molecule has 4 heteroatoms. The second-order valence-electron chi connectivity index (χ2n) is 3.66. The normalized spacial score (nSPS) is 20.1. The first kappa shape index (κ1) is 11.9. The number of nitrogens with zero attached hydrogens (tertiary/aromatic N) is 1. The maximum absolute atomic E-state index is 10.6. The van der Waals surface area contributed by atoms with Crippen molar-refractivity contribution < 1.29 is 14.6 Å². The van der Waals surface area contributed by atoms with E-state index in [1.165, 1.54) is 0 Å². The predicted octanol–water partition coefficient (Wildman–Crippen LogP) is 0.892. The molecule has 0 atom stereocenters. The molecule has 0 spiro atoms. The smallest absolute Gasteiger partial charge is 0.135 e. The van der Waals surface area contributed by atoms with Gasteiger partial charge in [0, 0.05) is 33.4 Å². The van der Waals surface area contributed by atoms with Crippen molar-refractivity contribution in [1.29, 1.82) is 0 Å². The van der Waals surface area contributed by atoms with E-state index in [9.17, 15) is 5.11 Å². The summed E-state index contributed by atoms with van der Waals surface area (Å²) in [6.45, 7) is 3.24. The van der Waals surface area contributed by atoms with Crippen LogP contribution in [0.3, 0.4) is 0 Å². The highest BCUT2D eigenvalue weighted by Gasteiger charge is 2.18. The molecule has 1 radical (unpaired) electrons. The van der Waals surface area contributed by atoms with Crippen LogP contribution in [0.4, 0.5) is 0 Å². The summed E-state index contributed by atoms with van der Waals surface area (Å²) >= 11 is 0. The molecule has 1 aliphatic heterocycles. The van der Waals surface area contributed by atoms with Gasteiger partial charge in [-0.25, -0.2) is 5.11 Å². The number of hydrogen-bond donors (Lipinski definition) is 0. The zero-order valence-electron chi connectivity index (χ0n) is 8.91. The van der Waals surface area contributed by atoms with Crippen molar-refractivity contribution >= 4 is 0 Å². The van der Waals surface area contributed by atoms with Gasteiger partial charge in [0.05, 0.1) is 6.10 Å². The lowest BCUT2D eigenvalue weighted by Crippen LogP contribution is -2.37. The maximum atomic E-state index is 10.6. The molecule has 0 aromatic heterocycles. The number of ether oxygens (including phenoxy) is 2. The van der Waals surface area contributed by atoms with Crippen LogP contribution in [0.25, 0.3) is 0 Å². The highest BCUT2D eigenvalue weighted by Crippen LogP contribution is 2.13. The molecule has 14 heavy (non-hydrogen) atoms. The zero-order chi connectivity index (χ0) is 10.2. The third kappa shape index (κ3) is 4.37. The summed E-state index contributed by atoms with van der Waals surface area (Å²) in [6, 6.07) is 0. The fraction of sp³-hybridized carbons (Fsp3) is 1.00. The highest BCUT2D eigenvalue weighted by atomic mass is 16.5. The van der Waals surface area contributed by atoms with E-state index in [4.69, 9.17) is 9.47 Å². The molecule has 0 amide bonds. The van der Waals surface area contributed by atoms with Crippen molar-refractivity contribution in [1.82, 2.24) is 4.90 Å². The van der Waals surface area contributed by atoms with Crippen molar-refractivity contribution in [2.45, 2.75) is 25.4 Å². The Labute approximate surface area is 85.8 Å². The van der Waals surface area contributed by atoms with Gasteiger partial charge in [-0.2, -0.15) is 0 Å². The molecule has 0 unspecified atom stereocenters. The standard InChI is InChI=1S/C10H20NO3/c1-13-7-2-8-14-10-3-5-11(9-12)6-4-10/h10H,2-9H2,1H3. The Morgan fingerprint density at radius 3 is 2.57 bits per heavy atom. The van der Waals surface area contributed by atoms with Crippen LogP contribution in [0.1, 0.15) is 19.3 Å². The Morgan fingerprint density at radius 2 is 2.00 bits per heavy atom. The van der Waals surface area contributed by atoms with Gasteiger partial charge in [0.15, 0.2) is 0 Å². The molecule has 0 aromatic carbocycles. The molecule has 1 heterocycles. The van der Waals surface area contributed by atoms with E-state index in [0.29, 0.717) is 6.10 Å². The van der Waals surface area contributed by atoms with E-state index >= 15 is 0 Å². The van der Waals surface area contributed by atoms with E-state index < -0.39 is 0 Å². The van der Waals surface area contributed by atoms with E-state index in [1.807, 2.05) is 4.90 Å². The lowest BCUT2D eigenvalue weighted by molar-refractivity contribution is -0.0295. The van der Waals surface area contributed by atoms with Gasteiger partial charge in [-0.15, -0.1) is 0 Å². The second kappa shape index (κ2) is 7.17. The average Bonchev–Trinajstić information content (AvgIpc) is 2.25. The molecule has 4 nitrogen and oxygen atoms in total. The average molecular weight is 202 g/mol. The Balaban J connectivity index is 1.98. The van der Waals surface area contributed by atoms with Gasteiger partial charge in [0.25, 0.3) is 0 Å². The van der Waals surface area contributed by atoms with Crippen molar-refractivity contribution in [3.8, 4) is 0 Å². The first-order valence-electron chi connectivity index (χ1n) is 5.28. The van der Waals surface area contributed by atoms with Gasteiger partial charge >= 0.3 is 0 Å². The summed E-state index contributed by atoms with van der Waals surface area (Å²) in [4.78, 5) is 1.93. The van der Waals surface area contributed by atoms with E-state index in [2.05, 4.69) is 0 Å². The zero-order valence-corrected chi connectivity index (χ0v) is 8.91. The van der Waals surface area contributed by atoms with Gasteiger partial charge in [-0.05, 0) is 19.3 Å². The molecule has 0 aliphatic carbocycles. The van der Waals surface area contributed by atoms with Gasteiger partial charge in [0.1, 0.15) is 6.73 Å². The third-order valence-corrected chi connectivity index (χ3v) is 2.56. The minimum atomic E-state index is -0.0730. The van der Waals surface area contributed by atoms with Crippen molar-refractivity contribution in [2.75, 3.05) is 40.1 Å². The summed E-state index contributed by atoms with van der Waals surface area (Å²) in [5.74, 6) is 0. The van der Waals surface area contributed by atoms with E-state index in [-0.39, 0.29) is 6.73 Å². The SMILES string of the molecule is COCCCOC1CCN(C[O])CC1. The van der Waals surface area contributed by atoms with Gasteiger partial charge < -0.3 is 9.47 Å². The monoisotopic (exact) mass is 202 g/mol. The summed E-state index contributed by atoms with van der Waals surface area (Å²) in [5.41, 5.74) is 0. The summed E-state index contributed by atoms with van der Waals surface area (Å²) < 4.78 is 10.6. The summed E-state index contributed by atoms with van der Waals surface area (Å²) in [7, 11) is 1.70. The topological polar surface area (TPSA) is 41.6 Å². The Bertz CT molecular complexity index is 135. The first-order chi connectivity index (χ1) is 6.86. The van der Waals surface area contributed by atoms with Crippen LogP contribution in [-0.4, -0.2) is 51.1 Å². The fourth-order valence-corrected chi connectivity index (χ4v) is 1.66. The Morgan fingerprint density at radius 1 is 1.29 bits per heavy atom. The van der Waals surface area contributed by atoms with Gasteiger partial charge in [0.2, 0.25) is 0 Å². The molecule has 0 saturated carbocycles. The van der Waals surface area contributed by atoms with Crippen LogP contribution in [0, 0.1) is 0 Å². The van der Waals surface area contributed by atoms with Gasteiger partial charge in [-0.3, -0.25) is 4.90 Å². The lowest BCUT2D eigenvalue weighted by Gasteiger charge is -2.29. The van der Waals surface area contributed by atoms with Crippen molar-refractivity contribution in [3.63, 3.8) is 0 Å². The highest BCUT2D eigenvalue weighted by molar-refractivity contribution is 4.70. The number of rotatable bonds is 6. The lowest BCUT2D eigenvalue weighted by atomic mass is 10.1. The maximum Gasteiger partial charge on any atom is 0.135 e. The number of piperidine rings is 1. The Hall–Kier alpha value is -0.160. The number of hydrogen-bond acceptors (Lipinski definition) is 3. The molecule has 83 valence electrons. The molecular formula is C10H20NO3. The Kier molecular flexibility index (Phi) is 6.10. The summed E-state index contributed by atoms with van der Waals surface area (Å²) in [5, 5.41) is 10.6. The molecular weight excluding hydrogens is 182 g/mol. The molecule has 0 bridgehead atoms. The second-order valence-corrected chi connectivity index (χ2v) is 3.66. The molecule has 0 N–H and O–H groups in total. The third-order valence-electron chi connectivity index (χ3n) is 2.56. The number of likely N-dealkylation sites (tertiary alicyclic amines) is 1.